The Morgan fingerprint density at radius 3 is 2.31 bits per heavy atom. The lowest BCUT2D eigenvalue weighted by molar-refractivity contribution is -0.141. The first-order valence-electron chi connectivity index (χ1n) is 12.2. The van der Waals surface area contributed by atoms with Crippen LogP contribution in [0.1, 0.15) is 71.7 Å². The molecule has 0 unspecified atom stereocenters. The summed E-state index contributed by atoms with van der Waals surface area (Å²) in [5.41, 5.74) is 1.44. The monoisotopic (exact) mass is 529 g/mol. The number of carbonyl (C=O) groups excluding carboxylic acids is 4. The molecule has 0 saturated heterocycles. The molecule has 1 N–H and O–H groups in total. The van der Waals surface area contributed by atoms with E-state index in [9.17, 15) is 19.2 Å². The van der Waals surface area contributed by atoms with Crippen molar-refractivity contribution < 1.29 is 19.2 Å². The molecule has 1 aliphatic heterocycles. The van der Waals surface area contributed by atoms with Gasteiger partial charge in [0.05, 0.1) is 11.1 Å². The summed E-state index contributed by atoms with van der Waals surface area (Å²) < 4.78 is 0. The number of halogens is 2. The largest absolute Gasteiger partial charge is 0.352 e. The summed E-state index contributed by atoms with van der Waals surface area (Å²) in [5, 5.41) is 3.95. The van der Waals surface area contributed by atoms with Gasteiger partial charge in [0.2, 0.25) is 11.8 Å². The first kappa shape index (κ1) is 26.2. The Bertz CT molecular complexity index is 1140. The van der Waals surface area contributed by atoms with E-state index in [1.165, 1.54) is 9.80 Å². The zero-order valence-corrected chi connectivity index (χ0v) is 21.6. The maximum atomic E-state index is 13.4. The molecule has 4 rings (SSSR count). The molecule has 1 aliphatic carbocycles. The van der Waals surface area contributed by atoms with Gasteiger partial charge in [0.1, 0.15) is 6.04 Å². The average Bonchev–Trinajstić information content (AvgIpc) is 3.45. The number of carbonyl (C=O) groups is 4. The number of nitrogens with one attached hydrogen (secondary N) is 1. The highest BCUT2D eigenvalue weighted by molar-refractivity contribution is 6.35. The highest BCUT2D eigenvalue weighted by Crippen LogP contribution is 2.25. The third kappa shape index (κ3) is 5.73. The summed E-state index contributed by atoms with van der Waals surface area (Å²) in [6, 6.07) is 11.1. The predicted octanol–water partition coefficient (Wildman–Crippen LogP) is 4.85. The fourth-order valence-corrected chi connectivity index (χ4v) is 5.25. The highest BCUT2D eigenvalue weighted by atomic mass is 35.5. The lowest BCUT2D eigenvalue weighted by Gasteiger charge is -2.30. The van der Waals surface area contributed by atoms with E-state index in [4.69, 9.17) is 23.2 Å². The summed E-state index contributed by atoms with van der Waals surface area (Å²) in [5.74, 6) is -1.17. The van der Waals surface area contributed by atoms with Crippen LogP contribution in [0, 0.1) is 0 Å². The molecule has 2 aromatic rings. The molecule has 4 amide bonds. The third-order valence-electron chi connectivity index (χ3n) is 6.88. The van der Waals surface area contributed by atoms with Crippen molar-refractivity contribution >= 4 is 46.8 Å². The van der Waals surface area contributed by atoms with Crippen molar-refractivity contribution in [1.29, 1.82) is 0 Å². The van der Waals surface area contributed by atoms with Crippen LogP contribution in [-0.2, 0) is 16.1 Å². The Balaban J connectivity index is 1.43. The smallest absolute Gasteiger partial charge is 0.261 e. The van der Waals surface area contributed by atoms with Crippen LogP contribution in [0.15, 0.2) is 42.5 Å². The van der Waals surface area contributed by atoms with Gasteiger partial charge in [-0.2, -0.15) is 0 Å². The van der Waals surface area contributed by atoms with Crippen LogP contribution in [-0.4, -0.2) is 52.1 Å². The van der Waals surface area contributed by atoms with E-state index in [-0.39, 0.29) is 55.6 Å². The Morgan fingerprint density at radius 2 is 1.69 bits per heavy atom. The van der Waals surface area contributed by atoms with Crippen molar-refractivity contribution in [1.82, 2.24) is 15.1 Å². The Kier molecular flexibility index (Phi) is 8.32. The highest BCUT2D eigenvalue weighted by Gasteiger charge is 2.35. The summed E-state index contributed by atoms with van der Waals surface area (Å²) >= 11 is 12.4. The van der Waals surface area contributed by atoms with E-state index >= 15 is 0 Å². The van der Waals surface area contributed by atoms with Crippen LogP contribution in [0.25, 0.3) is 0 Å². The number of fused-ring (bicyclic) bond motifs is 1. The zero-order valence-electron chi connectivity index (χ0n) is 20.1. The van der Waals surface area contributed by atoms with Gasteiger partial charge in [-0.05, 0) is 56.0 Å². The van der Waals surface area contributed by atoms with Crippen LogP contribution >= 0.6 is 23.2 Å². The van der Waals surface area contributed by atoms with Crippen molar-refractivity contribution in [2.24, 2.45) is 0 Å². The molecule has 0 bridgehead atoms. The molecule has 1 fully saturated rings. The minimum absolute atomic E-state index is 0.0691. The van der Waals surface area contributed by atoms with Gasteiger partial charge in [-0.1, -0.05) is 54.2 Å². The van der Waals surface area contributed by atoms with Gasteiger partial charge < -0.3 is 10.2 Å². The second-order valence-electron chi connectivity index (χ2n) is 9.33. The first-order valence-corrected chi connectivity index (χ1v) is 13.0. The molecule has 9 heteroatoms. The Morgan fingerprint density at radius 1 is 1.06 bits per heavy atom. The molecule has 36 heavy (non-hydrogen) atoms. The quantitative estimate of drug-likeness (QED) is 0.470. The minimum Gasteiger partial charge on any atom is -0.352 e. The fourth-order valence-electron chi connectivity index (χ4n) is 4.78. The number of nitrogens with zero attached hydrogens (tertiary/aromatic N) is 2. The summed E-state index contributed by atoms with van der Waals surface area (Å²) in [7, 11) is 0. The zero-order chi connectivity index (χ0) is 25.8. The summed E-state index contributed by atoms with van der Waals surface area (Å²) in [4.78, 5) is 54.3. The summed E-state index contributed by atoms with van der Waals surface area (Å²) in [6.07, 6.45) is 4.40. The van der Waals surface area contributed by atoms with Gasteiger partial charge in [0.15, 0.2) is 0 Å². The van der Waals surface area contributed by atoms with Crippen LogP contribution in [0.3, 0.4) is 0 Å². The van der Waals surface area contributed by atoms with Crippen LogP contribution in [0.5, 0.6) is 0 Å². The maximum Gasteiger partial charge on any atom is 0.261 e. The van der Waals surface area contributed by atoms with Gasteiger partial charge in [-0.25, -0.2) is 0 Å². The van der Waals surface area contributed by atoms with Gasteiger partial charge >= 0.3 is 0 Å². The Labute approximate surface area is 220 Å². The molecule has 2 aliphatic rings. The van der Waals surface area contributed by atoms with Crippen LogP contribution < -0.4 is 5.32 Å². The van der Waals surface area contributed by atoms with E-state index in [0.29, 0.717) is 26.7 Å². The van der Waals surface area contributed by atoms with Crippen LogP contribution in [0.4, 0.5) is 0 Å². The van der Waals surface area contributed by atoms with Gasteiger partial charge in [-0.3, -0.25) is 24.1 Å². The molecule has 1 atom stereocenters. The van der Waals surface area contributed by atoms with E-state index in [0.717, 1.165) is 25.7 Å². The van der Waals surface area contributed by atoms with Crippen molar-refractivity contribution in [3.8, 4) is 0 Å². The van der Waals surface area contributed by atoms with Crippen molar-refractivity contribution in [3.05, 3.63) is 69.2 Å². The molecule has 190 valence electrons. The van der Waals surface area contributed by atoms with E-state index in [1.807, 2.05) is 0 Å². The molecular formula is C27H29Cl2N3O4. The fraction of sp³-hybridized carbons (Fsp3) is 0.407. The van der Waals surface area contributed by atoms with Gasteiger partial charge in [-0.15, -0.1) is 0 Å². The number of imide groups is 1. The van der Waals surface area contributed by atoms with Gasteiger partial charge in [0.25, 0.3) is 11.8 Å². The molecule has 7 nitrogen and oxygen atoms in total. The van der Waals surface area contributed by atoms with Crippen molar-refractivity contribution in [3.63, 3.8) is 0 Å². The molecule has 0 aromatic heterocycles. The first-order chi connectivity index (χ1) is 17.3. The van der Waals surface area contributed by atoms with E-state index < -0.39 is 6.04 Å². The molecular weight excluding hydrogens is 501 g/mol. The van der Waals surface area contributed by atoms with E-state index in [2.05, 4.69) is 5.32 Å². The summed E-state index contributed by atoms with van der Waals surface area (Å²) in [6.45, 7) is 1.97. The van der Waals surface area contributed by atoms with Crippen molar-refractivity contribution in [2.75, 3.05) is 6.54 Å². The number of rotatable bonds is 9. The molecule has 0 radical (unpaired) electrons. The maximum absolute atomic E-state index is 13.4. The minimum atomic E-state index is -0.718. The van der Waals surface area contributed by atoms with Crippen molar-refractivity contribution in [2.45, 2.75) is 64.1 Å². The number of hydrogen-bond acceptors (Lipinski definition) is 4. The normalized spacial score (nSPS) is 16.2. The lowest BCUT2D eigenvalue weighted by Crippen LogP contribution is -2.49. The molecule has 0 spiro atoms. The second kappa shape index (κ2) is 11.4. The lowest BCUT2D eigenvalue weighted by atomic mass is 10.1. The second-order valence-corrected chi connectivity index (χ2v) is 10.2. The van der Waals surface area contributed by atoms with Crippen LogP contribution in [0.2, 0.25) is 10.0 Å². The predicted molar refractivity (Wildman–Crippen MR) is 138 cm³/mol. The number of amides is 4. The molecule has 2 aromatic carbocycles. The SMILES string of the molecule is C[C@@H](C(=O)NC1CCCC1)N(Cc1ccc(Cl)cc1Cl)C(=O)CCCN1C(=O)c2ccccc2C1=O. The standard InChI is InChI=1S/C27H29Cl2N3O4/c1-17(25(34)30-20-7-2-3-8-20)32(16-18-12-13-19(28)15-23(18)29)24(33)11-6-14-31-26(35)21-9-4-5-10-22(21)27(31)36/h4-5,9-10,12-13,15,17,20H,2-3,6-8,11,14,16H2,1H3,(H,30,34)/t17-/m0/s1. The number of hydrogen-bond donors (Lipinski definition) is 1. The van der Waals surface area contributed by atoms with E-state index in [1.54, 1.807) is 49.4 Å². The number of benzene rings is 2. The molecule has 1 saturated carbocycles. The topological polar surface area (TPSA) is 86.8 Å². The third-order valence-corrected chi connectivity index (χ3v) is 7.46. The van der Waals surface area contributed by atoms with Gasteiger partial charge in [0, 0.05) is 35.6 Å². The molecule has 1 heterocycles. The average molecular weight is 530 g/mol. The Hall–Kier alpha value is -2.90.